The summed E-state index contributed by atoms with van der Waals surface area (Å²) in [6, 6.07) is 20.8. The fourth-order valence-electron chi connectivity index (χ4n) is 3.57. The number of nitrogens with one attached hydrogen (secondary N) is 1. The second-order valence-corrected chi connectivity index (χ2v) is 8.51. The lowest BCUT2D eigenvalue weighted by Gasteiger charge is -2.14. The molecule has 0 unspecified atom stereocenters. The number of carboxylic acids is 1. The smallest absolute Gasteiger partial charge is 0.417 e. The van der Waals surface area contributed by atoms with Crippen molar-refractivity contribution in [3.63, 3.8) is 0 Å². The minimum absolute atomic E-state index is 0.0470. The van der Waals surface area contributed by atoms with Crippen molar-refractivity contribution in [2.45, 2.75) is 19.1 Å². The Morgan fingerprint density at radius 1 is 0.938 bits per heavy atom. The zero-order valence-corrected chi connectivity index (χ0v) is 17.8. The number of benzene rings is 3. The number of fused-ring (bicyclic) bond motifs is 1. The molecule has 4 aromatic rings. The van der Waals surface area contributed by atoms with Crippen molar-refractivity contribution < 1.29 is 23.1 Å². The third kappa shape index (κ3) is 5.00. The third-order valence-corrected chi connectivity index (χ3v) is 6.28. The molecular formula is C25H20F3NO2S. The molecule has 1 aromatic heterocycles. The van der Waals surface area contributed by atoms with Crippen molar-refractivity contribution in [2.24, 2.45) is 0 Å². The molecule has 0 aliphatic rings. The molecule has 0 saturated heterocycles. The van der Waals surface area contributed by atoms with Gasteiger partial charge >= 0.3 is 12.1 Å². The number of carbonyl (C=O) groups is 1. The first-order valence-electron chi connectivity index (χ1n) is 10.0. The summed E-state index contributed by atoms with van der Waals surface area (Å²) in [5, 5.41) is 12.7. The molecule has 2 N–H and O–H groups in total. The maximum atomic E-state index is 13.8. The van der Waals surface area contributed by atoms with Crippen LogP contribution in [0.1, 0.15) is 17.5 Å². The van der Waals surface area contributed by atoms with E-state index in [9.17, 15) is 18.0 Å². The highest BCUT2D eigenvalue weighted by Crippen LogP contribution is 2.41. The van der Waals surface area contributed by atoms with Crippen LogP contribution < -0.4 is 5.32 Å². The molecule has 0 fully saturated rings. The highest BCUT2D eigenvalue weighted by Gasteiger charge is 2.34. The van der Waals surface area contributed by atoms with E-state index in [1.165, 1.54) is 23.5 Å². The lowest BCUT2D eigenvalue weighted by atomic mass is 9.96. The number of rotatable bonds is 7. The summed E-state index contributed by atoms with van der Waals surface area (Å²) in [5.41, 5.74) is 1.56. The van der Waals surface area contributed by atoms with Crippen LogP contribution in [-0.2, 0) is 17.5 Å². The second kappa shape index (κ2) is 9.14. The minimum atomic E-state index is -4.47. The maximum Gasteiger partial charge on any atom is 0.417 e. The van der Waals surface area contributed by atoms with Gasteiger partial charge in [0.1, 0.15) is 0 Å². The minimum Gasteiger partial charge on any atom is -0.481 e. The zero-order valence-electron chi connectivity index (χ0n) is 16.9. The van der Waals surface area contributed by atoms with Crippen LogP contribution in [0.4, 0.5) is 13.2 Å². The van der Waals surface area contributed by atoms with Gasteiger partial charge in [0, 0.05) is 22.7 Å². The van der Waals surface area contributed by atoms with Crippen molar-refractivity contribution in [1.29, 1.82) is 0 Å². The largest absolute Gasteiger partial charge is 0.481 e. The van der Waals surface area contributed by atoms with Crippen LogP contribution in [-0.4, -0.2) is 17.6 Å². The van der Waals surface area contributed by atoms with Gasteiger partial charge in [-0.3, -0.25) is 4.79 Å². The second-order valence-electron chi connectivity index (χ2n) is 7.43. The third-order valence-electron chi connectivity index (χ3n) is 5.12. The van der Waals surface area contributed by atoms with Gasteiger partial charge in [0.25, 0.3) is 0 Å². The summed E-state index contributed by atoms with van der Waals surface area (Å²) in [6.45, 7) is 0.897. The number of thiophene rings is 1. The van der Waals surface area contributed by atoms with E-state index in [0.717, 1.165) is 20.5 Å². The van der Waals surface area contributed by atoms with Gasteiger partial charge in [-0.2, -0.15) is 13.2 Å². The fourth-order valence-corrected chi connectivity index (χ4v) is 4.61. The van der Waals surface area contributed by atoms with E-state index < -0.39 is 17.7 Å². The molecule has 3 aromatic carbocycles. The monoisotopic (exact) mass is 455 g/mol. The van der Waals surface area contributed by atoms with Gasteiger partial charge in [0.2, 0.25) is 0 Å². The molecule has 4 rings (SSSR count). The highest BCUT2D eigenvalue weighted by atomic mass is 32.1. The van der Waals surface area contributed by atoms with Gasteiger partial charge in [0.15, 0.2) is 0 Å². The van der Waals surface area contributed by atoms with Crippen molar-refractivity contribution in [2.75, 3.05) is 6.54 Å². The summed E-state index contributed by atoms with van der Waals surface area (Å²) >= 11 is 1.45. The number of halogens is 3. The Bertz CT molecular complexity index is 1250. The van der Waals surface area contributed by atoms with Crippen LogP contribution in [0.2, 0.25) is 0 Å². The average Bonchev–Trinajstić information content (AvgIpc) is 3.20. The first kappa shape index (κ1) is 22.0. The fraction of sp³-hybridized carbons (Fsp3) is 0.160. The topological polar surface area (TPSA) is 49.3 Å². The number of alkyl halides is 3. The summed E-state index contributed by atoms with van der Waals surface area (Å²) in [5.74, 6) is -0.855. The van der Waals surface area contributed by atoms with Gasteiger partial charge < -0.3 is 10.4 Å². The van der Waals surface area contributed by atoms with Gasteiger partial charge in [-0.05, 0) is 51.9 Å². The van der Waals surface area contributed by atoms with Crippen LogP contribution in [0.15, 0.2) is 72.8 Å². The van der Waals surface area contributed by atoms with Crippen molar-refractivity contribution in [3.05, 3.63) is 83.9 Å². The van der Waals surface area contributed by atoms with Crippen LogP contribution >= 0.6 is 11.3 Å². The van der Waals surface area contributed by atoms with Crippen LogP contribution in [0.5, 0.6) is 0 Å². The normalized spacial score (nSPS) is 11.7. The number of carboxylic acid groups (broad SMARTS) is 1. The molecule has 0 aliphatic heterocycles. The van der Waals surface area contributed by atoms with E-state index >= 15 is 0 Å². The zero-order chi connectivity index (χ0) is 22.7. The predicted octanol–water partition coefficient (Wildman–Crippen LogP) is 6.82. The average molecular weight is 456 g/mol. The SMILES string of the molecule is O=C(O)CCNCc1ccc2sc(-c3ccc(-c4ccccc4)c(C(F)(F)F)c3)cc2c1. The molecule has 1 heterocycles. The molecule has 0 amide bonds. The van der Waals surface area contributed by atoms with E-state index in [4.69, 9.17) is 5.11 Å². The van der Waals surface area contributed by atoms with E-state index in [1.54, 1.807) is 36.4 Å². The van der Waals surface area contributed by atoms with Gasteiger partial charge in [-0.25, -0.2) is 0 Å². The summed E-state index contributed by atoms with van der Waals surface area (Å²) in [7, 11) is 0. The Morgan fingerprint density at radius 3 is 2.44 bits per heavy atom. The van der Waals surface area contributed by atoms with Crippen LogP contribution in [0, 0.1) is 0 Å². The molecule has 0 spiro atoms. The molecule has 0 saturated carbocycles. The maximum absolute atomic E-state index is 13.8. The Balaban J connectivity index is 1.64. The molecule has 164 valence electrons. The van der Waals surface area contributed by atoms with E-state index in [-0.39, 0.29) is 12.0 Å². The van der Waals surface area contributed by atoms with Crippen molar-refractivity contribution in [3.8, 4) is 21.6 Å². The first-order valence-corrected chi connectivity index (χ1v) is 10.8. The lowest BCUT2D eigenvalue weighted by molar-refractivity contribution is -0.137. The Kier molecular flexibility index (Phi) is 6.30. The number of hydrogen-bond donors (Lipinski definition) is 2. The van der Waals surface area contributed by atoms with Gasteiger partial charge in [0.05, 0.1) is 12.0 Å². The highest BCUT2D eigenvalue weighted by molar-refractivity contribution is 7.22. The molecule has 32 heavy (non-hydrogen) atoms. The quantitative estimate of drug-likeness (QED) is 0.301. The van der Waals surface area contributed by atoms with Crippen molar-refractivity contribution in [1.82, 2.24) is 5.32 Å². The lowest BCUT2D eigenvalue weighted by Crippen LogP contribution is -2.17. The van der Waals surface area contributed by atoms with Gasteiger partial charge in [-0.1, -0.05) is 48.5 Å². The van der Waals surface area contributed by atoms with E-state index in [1.807, 2.05) is 24.3 Å². The first-order chi connectivity index (χ1) is 15.3. The molecule has 0 atom stereocenters. The molecular weight excluding hydrogens is 435 g/mol. The molecule has 7 heteroatoms. The van der Waals surface area contributed by atoms with Crippen molar-refractivity contribution >= 4 is 27.4 Å². The summed E-state index contributed by atoms with van der Waals surface area (Å²) < 4.78 is 42.5. The summed E-state index contributed by atoms with van der Waals surface area (Å²) in [6.07, 6.45) is -4.42. The van der Waals surface area contributed by atoms with Crippen LogP contribution in [0.3, 0.4) is 0 Å². The molecule has 0 aliphatic carbocycles. The number of aliphatic carboxylic acids is 1. The Morgan fingerprint density at radius 2 is 1.72 bits per heavy atom. The van der Waals surface area contributed by atoms with Crippen LogP contribution in [0.25, 0.3) is 31.7 Å². The van der Waals surface area contributed by atoms with Gasteiger partial charge in [-0.15, -0.1) is 11.3 Å². The molecule has 0 radical (unpaired) electrons. The Labute approximate surface area is 187 Å². The van der Waals surface area contributed by atoms with E-state index in [0.29, 0.717) is 24.2 Å². The number of hydrogen-bond acceptors (Lipinski definition) is 3. The molecule has 3 nitrogen and oxygen atoms in total. The standard InChI is InChI=1S/C25H20F3NO2S/c26-25(27,28)21-13-18(7-8-20(21)17-4-2-1-3-5-17)23-14-19-12-16(6-9-22(19)32-23)15-29-11-10-24(30)31/h1-9,12-14,29H,10-11,15H2,(H,30,31). The molecule has 0 bridgehead atoms. The van der Waals surface area contributed by atoms with E-state index in [2.05, 4.69) is 5.32 Å². The Hall–Kier alpha value is -3.16. The summed E-state index contributed by atoms with van der Waals surface area (Å²) in [4.78, 5) is 11.4. The predicted molar refractivity (Wildman–Crippen MR) is 122 cm³/mol.